The van der Waals surface area contributed by atoms with Crippen LogP contribution in [-0.4, -0.2) is 23.6 Å². The predicted octanol–water partition coefficient (Wildman–Crippen LogP) is 4.29. The topological polar surface area (TPSA) is 29.5 Å². The summed E-state index contributed by atoms with van der Waals surface area (Å²) in [5.74, 6) is 0. The first-order valence-electron chi connectivity index (χ1n) is 5.90. The van der Waals surface area contributed by atoms with Crippen LogP contribution in [0.3, 0.4) is 0 Å². The molecule has 1 saturated heterocycles. The molecule has 5 heteroatoms. The van der Waals surface area contributed by atoms with Crippen LogP contribution in [0.15, 0.2) is 18.2 Å². The van der Waals surface area contributed by atoms with Crippen molar-refractivity contribution in [2.75, 3.05) is 6.54 Å². The molecule has 98 valence electrons. The van der Waals surface area contributed by atoms with E-state index in [9.17, 15) is 4.79 Å². The lowest BCUT2D eigenvalue weighted by Crippen LogP contribution is -2.43. The van der Waals surface area contributed by atoms with Crippen molar-refractivity contribution >= 4 is 29.3 Å². The zero-order chi connectivity index (χ0) is 13.3. The number of nitrogens with zero attached hydrogens (tertiary/aromatic N) is 1. The molecule has 1 aromatic rings. The largest absolute Gasteiger partial charge is 0.441 e. The number of carbonyl (C=O) groups excluding carboxylic acids is 1. The number of halogens is 2. The molecule has 2 rings (SSSR count). The molecule has 1 heterocycles. The van der Waals surface area contributed by atoms with Crippen LogP contribution in [0.2, 0.25) is 10.0 Å². The van der Waals surface area contributed by atoms with Gasteiger partial charge in [-0.3, -0.25) is 0 Å². The van der Waals surface area contributed by atoms with E-state index in [1.54, 1.807) is 23.1 Å². The highest BCUT2D eigenvalue weighted by Crippen LogP contribution is 2.31. The van der Waals surface area contributed by atoms with Crippen LogP contribution >= 0.6 is 23.2 Å². The second-order valence-corrected chi connectivity index (χ2v) is 5.52. The Labute approximate surface area is 117 Å². The summed E-state index contributed by atoms with van der Waals surface area (Å²) in [5, 5.41) is 1.11. The molecular weight excluding hydrogens is 273 g/mol. The Hall–Kier alpha value is -0.930. The van der Waals surface area contributed by atoms with E-state index < -0.39 is 0 Å². The average Bonchev–Trinajstić information content (AvgIpc) is 2.26. The fourth-order valence-electron chi connectivity index (χ4n) is 2.06. The van der Waals surface area contributed by atoms with Crippen molar-refractivity contribution < 1.29 is 9.53 Å². The van der Waals surface area contributed by atoms with E-state index in [1.165, 1.54) is 0 Å². The Balaban J connectivity index is 2.15. The monoisotopic (exact) mass is 287 g/mol. The van der Waals surface area contributed by atoms with Gasteiger partial charge in [-0.15, -0.1) is 0 Å². The molecule has 0 N–H and O–H groups in total. The number of rotatable bonds is 2. The number of amides is 1. The van der Waals surface area contributed by atoms with Gasteiger partial charge in [0.25, 0.3) is 0 Å². The van der Waals surface area contributed by atoms with E-state index in [1.807, 2.05) is 13.8 Å². The fourth-order valence-corrected chi connectivity index (χ4v) is 2.60. The molecule has 1 atom stereocenters. The summed E-state index contributed by atoms with van der Waals surface area (Å²) in [6.07, 6.45) is 0.210. The van der Waals surface area contributed by atoms with Gasteiger partial charge in [-0.05, 0) is 37.6 Å². The van der Waals surface area contributed by atoms with Crippen LogP contribution in [0, 0.1) is 0 Å². The maximum absolute atomic E-state index is 11.8. The summed E-state index contributed by atoms with van der Waals surface area (Å²) < 4.78 is 5.43. The summed E-state index contributed by atoms with van der Waals surface area (Å²) in [7, 11) is 0. The smallest absolute Gasteiger partial charge is 0.410 e. The van der Waals surface area contributed by atoms with E-state index >= 15 is 0 Å². The molecule has 1 aliphatic rings. The second kappa shape index (κ2) is 5.37. The van der Waals surface area contributed by atoms with Gasteiger partial charge >= 0.3 is 6.09 Å². The number of cyclic esters (lactones) is 1. The standard InChI is InChI=1S/C13H15Cl2NO2/c1-8(2)16-4-3-12(18-13(16)17)9-5-10(14)7-11(15)6-9/h5-8,12H,3-4H2,1-2H3/t12-/m0/s1. The van der Waals surface area contributed by atoms with E-state index in [2.05, 4.69) is 0 Å². The van der Waals surface area contributed by atoms with Crippen molar-refractivity contribution in [1.82, 2.24) is 4.90 Å². The van der Waals surface area contributed by atoms with Crippen molar-refractivity contribution in [3.8, 4) is 0 Å². The van der Waals surface area contributed by atoms with Gasteiger partial charge < -0.3 is 9.64 Å². The molecule has 3 nitrogen and oxygen atoms in total. The molecule has 1 aliphatic heterocycles. The molecule has 0 radical (unpaired) electrons. The van der Waals surface area contributed by atoms with Crippen LogP contribution in [0.4, 0.5) is 4.79 Å². The van der Waals surface area contributed by atoms with E-state index in [-0.39, 0.29) is 18.2 Å². The SMILES string of the molecule is CC(C)N1CC[C@@H](c2cc(Cl)cc(Cl)c2)OC1=O. The quantitative estimate of drug-likeness (QED) is 0.812. The van der Waals surface area contributed by atoms with Crippen molar-refractivity contribution in [2.45, 2.75) is 32.4 Å². The minimum absolute atomic E-state index is 0.154. The lowest BCUT2D eigenvalue weighted by atomic mass is 10.0. The third-order valence-corrected chi connectivity index (χ3v) is 3.43. The first-order chi connectivity index (χ1) is 8.47. The normalized spacial score (nSPS) is 20.2. The lowest BCUT2D eigenvalue weighted by Gasteiger charge is -2.34. The Morgan fingerprint density at radius 3 is 2.39 bits per heavy atom. The highest BCUT2D eigenvalue weighted by Gasteiger charge is 2.29. The van der Waals surface area contributed by atoms with Gasteiger partial charge in [-0.1, -0.05) is 23.2 Å². The molecule has 1 aromatic carbocycles. The molecular formula is C13H15Cl2NO2. The number of hydrogen-bond donors (Lipinski definition) is 0. The Kier molecular flexibility index (Phi) is 4.03. The number of benzene rings is 1. The maximum atomic E-state index is 11.8. The minimum atomic E-state index is -0.280. The van der Waals surface area contributed by atoms with Crippen molar-refractivity contribution in [1.29, 1.82) is 0 Å². The summed E-state index contributed by atoms with van der Waals surface area (Å²) in [4.78, 5) is 13.5. The highest BCUT2D eigenvalue weighted by molar-refractivity contribution is 6.34. The van der Waals surface area contributed by atoms with Crippen molar-refractivity contribution in [3.05, 3.63) is 33.8 Å². The van der Waals surface area contributed by atoms with Gasteiger partial charge in [0.1, 0.15) is 6.10 Å². The van der Waals surface area contributed by atoms with Crippen molar-refractivity contribution in [2.24, 2.45) is 0 Å². The van der Waals surface area contributed by atoms with Gasteiger partial charge in [0, 0.05) is 29.1 Å². The van der Waals surface area contributed by atoms with Gasteiger partial charge in [0.15, 0.2) is 0 Å². The first kappa shape index (κ1) is 13.5. The third-order valence-electron chi connectivity index (χ3n) is 2.99. The van der Waals surface area contributed by atoms with Crippen LogP contribution in [-0.2, 0) is 4.74 Å². The molecule has 0 unspecified atom stereocenters. The third kappa shape index (κ3) is 2.90. The lowest BCUT2D eigenvalue weighted by molar-refractivity contribution is 0.0150. The summed E-state index contributed by atoms with van der Waals surface area (Å²) >= 11 is 11.9. The average molecular weight is 288 g/mol. The van der Waals surface area contributed by atoms with E-state index in [0.717, 1.165) is 12.0 Å². The van der Waals surface area contributed by atoms with Crippen molar-refractivity contribution in [3.63, 3.8) is 0 Å². The summed E-state index contributed by atoms with van der Waals surface area (Å²) in [6.45, 7) is 4.63. The first-order valence-corrected chi connectivity index (χ1v) is 6.66. The van der Waals surface area contributed by atoms with Gasteiger partial charge in [-0.2, -0.15) is 0 Å². The molecule has 1 fully saturated rings. The number of hydrogen-bond acceptors (Lipinski definition) is 2. The molecule has 0 bridgehead atoms. The highest BCUT2D eigenvalue weighted by atomic mass is 35.5. The fraction of sp³-hybridized carbons (Fsp3) is 0.462. The number of carbonyl (C=O) groups is 1. The Morgan fingerprint density at radius 2 is 1.89 bits per heavy atom. The van der Waals surface area contributed by atoms with Gasteiger partial charge in [0.2, 0.25) is 0 Å². The number of ether oxygens (including phenoxy) is 1. The molecule has 0 spiro atoms. The van der Waals surface area contributed by atoms with E-state index in [4.69, 9.17) is 27.9 Å². The molecule has 0 aliphatic carbocycles. The van der Waals surface area contributed by atoms with Gasteiger partial charge in [0.05, 0.1) is 0 Å². The van der Waals surface area contributed by atoms with Crippen LogP contribution < -0.4 is 0 Å². The van der Waals surface area contributed by atoms with Gasteiger partial charge in [-0.25, -0.2) is 4.79 Å². The summed E-state index contributed by atoms with van der Waals surface area (Å²) in [6, 6.07) is 5.39. The Morgan fingerprint density at radius 1 is 1.28 bits per heavy atom. The van der Waals surface area contributed by atoms with Crippen LogP contribution in [0.25, 0.3) is 0 Å². The zero-order valence-electron chi connectivity index (χ0n) is 10.3. The predicted molar refractivity (Wildman–Crippen MR) is 72.1 cm³/mol. The summed E-state index contributed by atoms with van der Waals surface area (Å²) in [5.41, 5.74) is 0.851. The minimum Gasteiger partial charge on any atom is -0.441 e. The molecule has 1 amide bonds. The molecule has 0 saturated carbocycles. The zero-order valence-corrected chi connectivity index (χ0v) is 11.8. The van der Waals surface area contributed by atoms with Crippen LogP contribution in [0.1, 0.15) is 31.9 Å². The van der Waals surface area contributed by atoms with Crippen LogP contribution in [0.5, 0.6) is 0 Å². The molecule has 0 aromatic heterocycles. The second-order valence-electron chi connectivity index (χ2n) is 4.65. The van der Waals surface area contributed by atoms with E-state index in [0.29, 0.717) is 16.6 Å². The molecule has 18 heavy (non-hydrogen) atoms. The Bertz CT molecular complexity index is 442. The maximum Gasteiger partial charge on any atom is 0.410 e.